The van der Waals surface area contributed by atoms with E-state index in [9.17, 15) is 14.4 Å². The van der Waals surface area contributed by atoms with Crippen LogP contribution in [0.15, 0.2) is 65.7 Å². The van der Waals surface area contributed by atoms with E-state index in [-0.39, 0.29) is 23.6 Å². The van der Waals surface area contributed by atoms with Crippen LogP contribution in [0, 0.1) is 5.92 Å². The summed E-state index contributed by atoms with van der Waals surface area (Å²) < 4.78 is 0. The molecule has 31 heavy (non-hydrogen) atoms. The first-order valence-corrected chi connectivity index (χ1v) is 10.4. The molecule has 3 rings (SSSR count). The molecule has 0 radical (unpaired) electrons. The third kappa shape index (κ3) is 5.78. The van der Waals surface area contributed by atoms with E-state index in [0.717, 1.165) is 11.1 Å². The smallest absolute Gasteiger partial charge is 0.252 e. The van der Waals surface area contributed by atoms with Crippen LogP contribution < -0.4 is 16.0 Å². The number of carbonyl (C=O) groups excluding carboxylic acids is 3. The SMILES string of the molecule is CC(=O)N[C@H](C(=O)N[C@@H](Cc1ccccc1)C1N=C(c2ccccc2)NC1=O)C(C)C. The van der Waals surface area contributed by atoms with Crippen molar-refractivity contribution in [2.24, 2.45) is 10.9 Å². The van der Waals surface area contributed by atoms with Crippen LogP contribution in [0.5, 0.6) is 0 Å². The van der Waals surface area contributed by atoms with Gasteiger partial charge in [0, 0.05) is 12.5 Å². The number of amidine groups is 1. The Morgan fingerprint density at radius 3 is 2.19 bits per heavy atom. The summed E-state index contributed by atoms with van der Waals surface area (Å²) in [6.45, 7) is 5.10. The highest BCUT2D eigenvalue weighted by molar-refractivity contribution is 6.14. The summed E-state index contributed by atoms with van der Waals surface area (Å²) in [5.74, 6) is -0.494. The zero-order valence-electron chi connectivity index (χ0n) is 18.0. The Morgan fingerprint density at radius 2 is 1.61 bits per heavy atom. The van der Waals surface area contributed by atoms with E-state index in [2.05, 4.69) is 20.9 Å². The number of hydrogen-bond acceptors (Lipinski definition) is 4. The molecule has 0 aliphatic carbocycles. The van der Waals surface area contributed by atoms with E-state index in [4.69, 9.17) is 0 Å². The fraction of sp³-hybridized carbons (Fsp3) is 0.333. The molecule has 0 fully saturated rings. The van der Waals surface area contributed by atoms with Crippen LogP contribution in [0.1, 0.15) is 31.9 Å². The molecule has 3 atom stereocenters. The van der Waals surface area contributed by atoms with E-state index >= 15 is 0 Å². The van der Waals surface area contributed by atoms with Gasteiger partial charge in [-0.25, -0.2) is 0 Å². The van der Waals surface area contributed by atoms with Crippen molar-refractivity contribution in [2.75, 3.05) is 0 Å². The van der Waals surface area contributed by atoms with Gasteiger partial charge in [-0.2, -0.15) is 0 Å². The topological polar surface area (TPSA) is 99.7 Å². The molecule has 1 heterocycles. The second-order valence-electron chi connectivity index (χ2n) is 8.00. The number of rotatable bonds is 8. The van der Waals surface area contributed by atoms with Gasteiger partial charge in [0.25, 0.3) is 5.91 Å². The lowest BCUT2D eigenvalue weighted by Gasteiger charge is -2.27. The minimum Gasteiger partial charge on any atom is -0.349 e. The highest BCUT2D eigenvalue weighted by Gasteiger charge is 2.36. The molecule has 2 aromatic carbocycles. The monoisotopic (exact) mass is 420 g/mol. The molecule has 0 saturated heterocycles. The maximum atomic E-state index is 13.0. The van der Waals surface area contributed by atoms with E-state index in [1.165, 1.54) is 6.92 Å². The van der Waals surface area contributed by atoms with Crippen LogP contribution in [0.25, 0.3) is 0 Å². The molecular formula is C24H28N4O3. The highest BCUT2D eigenvalue weighted by atomic mass is 16.2. The number of aliphatic imine (C=N–C) groups is 1. The maximum absolute atomic E-state index is 13.0. The number of amides is 3. The first kappa shape index (κ1) is 22.2. The van der Waals surface area contributed by atoms with Crippen LogP contribution in [-0.4, -0.2) is 41.7 Å². The summed E-state index contributed by atoms with van der Waals surface area (Å²) in [6.07, 6.45) is 0.432. The molecule has 3 amide bonds. The zero-order valence-corrected chi connectivity index (χ0v) is 18.0. The third-order valence-corrected chi connectivity index (χ3v) is 5.14. The number of carbonyl (C=O) groups is 3. The predicted molar refractivity (Wildman–Crippen MR) is 119 cm³/mol. The quantitative estimate of drug-likeness (QED) is 0.607. The van der Waals surface area contributed by atoms with Crippen molar-refractivity contribution in [3.63, 3.8) is 0 Å². The van der Waals surface area contributed by atoms with Gasteiger partial charge in [0.05, 0.1) is 6.04 Å². The maximum Gasteiger partial charge on any atom is 0.252 e. The van der Waals surface area contributed by atoms with E-state index in [1.54, 1.807) is 0 Å². The lowest BCUT2D eigenvalue weighted by Crippen LogP contribution is -2.55. The van der Waals surface area contributed by atoms with Crippen molar-refractivity contribution in [3.05, 3.63) is 71.8 Å². The fourth-order valence-electron chi connectivity index (χ4n) is 3.57. The molecule has 162 valence electrons. The fourth-order valence-corrected chi connectivity index (χ4v) is 3.57. The van der Waals surface area contributed by atoms with Crippen LogP contribution >= 0.6 is 0 Å². The largest absolute Gasteiger partial charge is 0.349 e. The van der Waals surface area contributed by atoms with Crippen LogP contribution in [0.3, 0.4) is 0 Å². The molecule has 7 heteroatoms. The van der Waals surface area contributed by atoms with Crippen LogP contribution in [-0.2, 0) is 20.8 Å². The van der Waals surface area contributed by atoms with Crippen molar-refractivity contribution < 1.29 is 14.4 Å². The van der Waals surface area contributed by atoms with E-state index in [1.807, 2.05) is 74.5 Å². The van der Waals surface area contributed by atoms with Gasteiger partial charge in [0.15, 0.2) is 6.04 Å². The summed E-state index contributed by atoms with van der Waals surface area (Å²) >= 11 is 0. The number of nitrogens with one attached hydrogen (secondary N) is 3. The Bertz CT molecular complexity index is 957. The first-order chi connectivity index (χ1) is 14.8. The van der Waals surface area contributed by atoms with Crippen LogP contribution in [0.2, 0.25) is 0 Å². The van der Waals surface area contributed by atoms with Gasteiger partial charge in [0.2, 0.25) is 11.8 Å². The van der Waals surface area contributed by atoms with Gasteiger partial charge in [0.1, 0.15) is 11.9 Å². The lowest BCUT2D eigenvalue weighted by molar-refractivity contribution is -0.130. The summed E-state index contributed by atoms with van der Waals surface area (Å²) in [4.78, 5) is 42.0. The minimum atomic E-state index is -0.774. The molecule has 0 bridgehead atoms. The van der Waals surface area contributed by atoms with Crippen molar-refractivity contribution in [1.82, 2.24) is 16.0 Å². The van der Waals surface area contributed by atoms with Gasteiger partial charge in [-0.15, -0.1) is 0 Å². The Labute approximate surface area is 182 Å². The van der Waals surface area contributed by atoms with Gasteiger partial charge < -0.3 is 16.0 Å². The lowest BCUT2D eigenvalue weighted by atomic mass is 9.97. The third-order valence-electron chi connectivity index (χ3n) is 5.14. The number of nitrogens with zero attached hydrogens (tertiary/aromatic N) is 1. The summed E-state index contributed by atoms with van der Waals surface area (Å²) in [6, 6.07) is 17.0. The van der Waals surface area contributed by atoms with Crippen molar-refractivity contribution in [2.45, 2.75) is 45.3 Å². The number of benzene rings is 2. The molecule has 3 N–H and O–H groups in total. The Morgan fingerprint density at radius 1 is 1.00 bits per heavy atom. The molecule has 0 spiro atoms. The zero-order chi connectivity index (χ0) is 22.4. The Balaban J connectivity index is 1.87. The molecule has 7 nitrogen and oxygen atoms in total. The summed E-state index contributed by atoms with van der Waals surface area (Å²) in [7, 11) is 0. The minimum absolute atomic E-state index is 0.109. The van der Waals surface area contributed by atoms with E-state index < -0.39 is 18.1 Å². The van der Waals surface area contributed by atoms with Gasteiger partial charge in [-0.1, -0.05) is 74.5 Å². The van der Waals surface area contributed by atoms with Crippen molar-refractivity contribution in [1.29, 1.82) is 0 Å². The van der Waals surface area contributed by atoms with Crippen molar-refractivity contribution >= 4 is 23.6 Å². The second-order valence-corrected chi connectivity index (χ2v) is 8.00. The molecule has 1 aliphatic rings. The molecule has 2 aromatic rings. The standard InChI is InChI=1S/C24H28N4O3/c1-15(2)20(25-16(3)29)23(30)26-19(14-17-10-6-4-7-11-17)21-24(31)28-22(27-21)18-12-8-5-9-13-18/h4-13,15,19-21H,14H2,1-3H3,(H,25,29)(H,26,30)(H,27,28,31)/t19-,20-,21?/m0/s1. The number of hydrogen-bond donors (Lipinski definition) is 3. The molecule has 0 aromatic heterocycles. The first-order valence-electron chi connectivity index (χ1n) is 10.4. The molecule has 1 unspecified atom stereocenters. The molecule has 1 aliphatic heterocycles. The second kappa shape index (κ2) is 10.0. The van der Waals surface area contributed by atoms with E-state index in [0.29, 0.717) is 12.3 Å². The summed E-state index contributed by atoms with van der Waals surface area (Å²) in [5, 5.41) is 8.51. The van der Waals surface area contributed by atoms with Crippen LogP contribution in [0.4, 0.5) is 0 Å². The molecule has 0 saturated carbocycles. The van der Waals surface area contributed by atoms with Gasteiger partial charge in [-0.3, -0.25) is 19.4 Å². The average molecular weight is 421 g/mol. The Kier molecular flexibility index (Phi) is 7.18. The predicted octanol–water partition coefficient (Wildman–Crippen LogP) is 1.82. The van der Waals surface area contributed by atoms with Crippen molar-refractivity contribution in [3.8, 4) is 0 Å². The average Bonchev–Trinajstić information content (AvgIpc) is 3.14. The Hall–Kier alpha value is -3.48. The molecular weight excluding hydrogens is 392 g/mol. The summed E-state index contributed by atoms with van der Waals surface area (Å²) in [5.41, 5.74) is 1.78. The highest BCUT2D eigenvalue weighted by Crippen LogP contribution is 2.16. The van der Waals surface area contributed by atoms with Gasteiger partial charge in [-0.05, 0) is 17.9 Å². The van der Waals surface area contributed by atoms with Gasteiger partial charge >= 0.3 is 0 Å². The normalized spacial score (nSPS) is 17.5.